The van der Waals surface area contributed by atoms with E-state index in [0.29, 0.717) is 19.3 Å². The summed E-state index contributed by atoms with van der Waals surface area (Å²) in [5.74, 6) is -0.247. The number of thiocarbonyl (C=S) groups is 1. The number of carbonyl (C=O) groups excluding carboxylic acids is 1. The first-order valence-corrected chi connectivity index (χ1v) is 9.18. The fraction of sp³-hybridized carbons (Fsp3) is 0.125. The van der Waals surface area contributed by atoms with E-state index in [-0.39, 0.29) is 11.6 Å². The highest BCUT2D eigenvalue weighted by molar-refractivity contribution is 9.10. The molecule has 0 saturated carbocycles. The zero-order chi connectivity index (χ0) is 18.3. The minimum Gasteiger partial charge on any atom is -0.266 e. The third-order valence-electron chi connectivity index (χ3n) is 3.67. The molecule has 0 atom stereocenters. The molecule has 0 aliphatic carbocycles. The molecule has 1 saturated heterocycles. The maximum Gasteiger partial charge on any atom is 0.285 e. The highest BCUT2D eigenvalue weighted by Crippen LogP contribution is 2.34. The predicted octanol–water partition coefficient (Wildman–Crippen LogP) is 4.31. The van der Waals surface area contributed by atoms with Crippen molar-refractivity contribution in [3.05, 3.63) is 66.8 Å². The van der Waals surface area contributed by atoms with E-state index in [1.807, 2.05) is 26.0 Å². The molecule has 1 aliphatic rings. The zero-order valence-corrected chi connectivity index (χ0v) is 16.4. The zero-order valence-electron chi connectivity index (χ0n) is 13.2. The summed E-state index contributed by atoms with van der Waals surface area (Å²) in [6, 6.07) is 8.54. The van der Waals surface area contributed by atoms with Crippen molar-refractivity contribution in [1.29, 1.82) is 0 Å². The lowest BCUT2D eigenvalue weighted by molar-refractivity contribution is -0.385. The normalized spacial score (nSPS) is 16.1. The van der Waals surface area contributed by atoms with E-state index in [1.54, 1.807) is 22.9 Å². The van der Waals surface area contributed by atoms with Crippen LogP contribution in [0.3, 0.4) is 0 Å². The Bertz CT molecular complexity index is 933. The largest absolute Gasteiger partial charge is 0.285 e. The molecule has 1 amide bonds. The summed E-state index contributed by atoms with van der Waals surface area (Å²) in [5, 5.41) is 12.5. The summed E-state index contributed by atoms with van der Waals surface area (Å²) in [7, 11) is 0. The Morgan fingerprint density at radius 1 is 1.24 bits per heavy atom. The Labute approximate surface area is 161 Å². The van der Waals surface area contributed by atoms with Gasteiger partial charge in [0.25, 0.3) is 11.6 Å². The first kappa shape index (κ1) is 17.8. The predicted molar refractivity (Wildman–Crippen MR) is 106 cm³/mol. The molecule has 9 heteroatoms. The number of benzene rings is 1. The molecule has 1 aliphatic heterocycles. The van der Waals surface area contributed by atoms with Crippen LogP contribution in [0.2, 0.25) is 0 Å². The number of thioether (sulfide) groups is 1. The van der Waals surface area contributed by atoms with Crippen LogP contribution in [-0.2, 0) is 4.79 Å². The number of aryl methyl sites for hydroxylation is 2. The summed E-state index contributed by atoms with van der Waals surface area (Å²) < 4.78 is 2.58. The molecule has 3 rings (SSSR count). The third-order valence-corrected chi connectivity index (χ3v) is 5.63. The lowest BCUT2D eigenvalue weighted by Crippen LogP contribution is -2.39. The van der Waals surface area contributed by atoms with Crippen molar-refractivity contribution >= 4 is 61.9 Å². The summed E-state index contributed by atoms with van der Waals surface area (Å²) in [5.41, 5.74) is 2.31. The van der Waals surface area contributed by atoms with Gasteiger partial charge in [0.2, 0.25) is 0 Å². The Hall–Kier alpha value is -1.97. The number of carbonyl (C=O) groups is 1. The van der Waals surface area contributed by atoms with E-state index in [2.05, 4.69) is 15.9 Å². The van der Waals surface area contributed by atoms with Crippen LogP contribution in [-0.4, -0.2) is 19.8 Å². The van der Waals surface area contributed by atoms with Crippen molar-refractivity contribution < 1.29 is 9.72 Å². The summed E-state index contributed by atoms with van der Waals surface area (Å²) >= 11 is 9.68. The molecule has 1 aromatic heterocycles. The average molecular weight is 438 g/mol. The topological polar surface area (TPSA) is 68.4 Å². The number of hydrogen-bond acceptors (Lipinski definition) is 5. The first-order chi connectivity index (χ1) is 11.8. The minimum atomic E-state index is -0.473. The van der Waals surface area contributed by atoms with E-state index in [9.17, 15) is 14.9 Å². The average Bonchev–Trinajstić information content (AvgIpc) is 3.01. The van der Waals surface area contributed by atoms with E-state index in [1.165, 1.54) is 22.8 Å². The van der Waals surface area contributed by atoms with Gasteiger partial charge in [0.15, 0.2) is 4.32 Å². The molecule has 25 heavy (non-hydrogen) atoms. The number of nitro benzene ring substituents is 1. The first-order valence-electron chi connectivity index (χ1n) is 7.16. The van der Waals surface area contributed by atoms with Crippen molar-refractivity contribution in [2.75, 3.05) is 5.01 Å². The van der Waals surface area contributed by atoms with Gasteiger partial charge in [-0.25, -0.2) is 0 Å². The summed E-state index contributed by atoms with van der Waals surface area (Å²) in [6.07, 6.45) is 1.62. The van der Waals surface area contributed by atoms with Crippen LogP contribution in [0.15, 0.2) is 39.7 Å². The van der Waals surface area contributed by atoms with Crippen molar-refractivity contribution in [3.63, 3.8) is 0 Å². The molecular formula is C16H12BrN3O3S2. The molecule has 128 valence electrons. The Balaban J connectivity index is 1.99. The number of rotatable bonds is 3. The summed E-state index contributed by atoms with van der Waals surface area (Å²) in [4.78, 5) is 23.8. The van der Waals surface area contributed by atoms with Crippen LogP contribution in [0.5, 0.6) is 0 Å². The Morgan fingerprint density at radius 3 is 2.48 bits per heavy atom. The van der Waals surface area contributed by atoms with E-state index < -0.39 is 4.92 Å². The molecule has 1 aromatic carbocycles. The number of nitrogens with zero attached hydrogens (tertiary/aromatic N) is 3. The van der Waals surface area contributed by atoms with Crippen molar-refractivity contribution in [3.8, 4) is 0 Å². The monoisotopic (exact) mass is 437 g/mol. The third kappa shape index (κ3) is 3.26. The number of nitro groups is 1. The lowest BCUT2D eigenvalue weighted by atomic mass is 10.2. The molecule has 1 fully saturated rings. The van der Waals surface area contributed by atoms with Crippen LogP contribution in [0, 0.1) is 24.0 Å². The SMILES string of the molecule is Cc1ccc(C)n1N1C(=O)/C(=C/c2ccc(Br)c([N+](=O)[O-])c2)SC1=S. The molecular weight excluding hydrogens is 426 g/mol. The van der Waals surface area contributed by atoms with E-state index in [0.717, 1.165) is 11.4 Å². The quantitative estimate of drug-likeness (QED) is 0.309. The van der Waals surface area contributed by atoms with Crippen LogP contribution in [0.4, 0.5) is 5.69 Å². The van der Waals surface area contributed by atoms with Crippen molar-refractivity contribution in [2.45, 2.75) is 13.8 Å². The van der Waals surface area contributed by atoms with Gasteiger partial charge < -0.3 is 0 Å². The molecule has 2 heterocycles. The van der Waals surface area contributed by atoms with Gasteiger partial charge in [0.1, 0.15) is 0 Å². The van der Waals surface area contributed by atoms with Gasteiger partial charge in [-0.05, 0) is 71.8 Å². The van der Waals surface area contributed by atoms with E-state index in [4.69, 9.17) is 12.2 Å². The van der Waals surface area contributed by atoms with Crippen molar-refractivity contribution in [2.24, 2.45) is 0 Å². The maximum atomic E-state index is 12.8. The van der Waals surface area contributed by atoms with Gasteiger partial charge in [0, 0.05) is 17.5 Å². The number of aromatic nitrogens is 1. The van der Waals surface area contributed by atoms with Crippen LogP contribution < -0.4 is 5.01 Å². The molecule has 0 radical (unpaired) electrons. The highest BCUT2D eigenvalue weighted by atomic mass is 79.9. The Kier molecular flexibility index (Phi) is 4.81. The lowest BCUT2D eigenvalue weighted by Gasteiger charge is -2.20. The number of hydrogen-bond donors (Lipinski definition) is 0. The van der Waals surface area contributed by atoms with Gasteiger partial charge in [-0.2, -0.15) is 5.01 Å². The van der Waals surface area contributed by atoms with Gasteiger partial charge in [-0.1, -0.05) is 17.8 Å². The van der Waals surface area contributed by atoms with E-state index >= 15 is 0 Å². The van der Waals surface area contributed by atoms with Gasteiger partial charge in [-0.3, -0.25) is 19.6 Å². The van der Waals surface area contributed by atoms with Crippen LogP contribution >= 0.6 is 39.9 Å². The van der Waals surface area contributed by atoms with Gasteiger partial charge in [-0.15, -0.1) is 0 Å². The maximum absolute atomic E-state index is 12.8. The fourth-order valence-corrected chi connectivity index (χ4v) is 4.15. The molecule has 6 nitrogen and oxygen atoms in total. The number of amides is 1. The second-order valence-electron chi connectivity index (χ2n) is 5.39. The van der Waals surface area contributed by atoms with Gasteiger partial charge >= 0.3 is 0 Å². The molecule has 0 bridgehead atoms. The van der Waals surface area contributed by atoms with Crippen molar-refractivity contribution in [1.82, 2.24) is 4.68 Å². The standard InChI is InChI=1S/C16H12BrN3O3S2/c1-9-3-4-10(2)18(9)19-15(21)14(25-16(19)24)8-11-5-6-12(17)13(7-11)20(22)23/h3-8H,1-2H3/b14-8-. The number of halogens is 1. The smallest absolute Gasteiger partial charge is 0.266 e. The fourth-order valence-electron chi connectivity index (χ4n) is 2.52. The molecule has 0 unspecified atom stereocenters. The second-order valence-corrected chi connectivity index (χ2v) is 7.92. The molecule has 0 spiro atoms. The van der Waals surface area contributed by atoms with Crippen LogP contribution in [0.1, 0.15) is 17.0 Å². The highest BCUT2D eigenvalue weighted by Gasteiger charge is 2.34. The molecule has 0 N–H and O–H groups in total. The Morgan fingerprint density at radius 2 is 1.88 bits per heavy atom. The second kappa shape index (κ2) is 6.74. The minimum absolute atomic E-state index is 0.0543. The molecule has 2 aromatic rings. The summed E-state index contributed by atoms with van der Waals surface area (Å²) in [6.45, 7) is 3.79. The van der Waals surface area contributed by atoms with Crippen LogP contribution in [0.25, 0.3) is 6.08 Å². The van der Waals surface area contributed by atoms with Gasteiger partial charge in [0.05, 0.1) is 14.3 Å².